The van der Waals surface area contributed by atoms with Crippen LogP contribution in [0.5, 0.6) is 11.5 Å². The van der Waals surface area contributed by atoms with Crippen LogP contribution in [0.15, 0.2) is 64.2 Å². The molecule has 5 nitrogen and oxygen atoms in total. The number of ether oxygens (including phenoxy) is 2. The number of fused-ring (bicyclic) bond motifs is 1. The lowest BCUT2D eigenvalue weighted by molar-refractivity contribution is -0.120. The van der Waals surface area contributed by atoms with E-state index in [1.807, 2.05) is 61.5 Å². The fourth-order valence-corrected chi connectivity index (χ4v) is 3.44. The molecule has 0 spiro atoms. The Hall–Kier alpha value is -2.86. The van der Waals surface area contributed by atoms with Crippen molar-refractivity contribution in [1.29, 1.82) is 0 Å². The molecule has 0 heterocycles. The number of nitrogens with one attached hydrogen (secondary N) is 1. The summed E-state index contributed by atoms with van der Waals surface area (Å²) in [6, 6.07) is 17.4. The van der Waals surface area contributed by atoms with Gasteiger partial charge in [0.2, 0.25) is 5.91 Å². The number of methoxy groups -OCH3 is 2. The summed E-state index contributed by atoms with van der Waals surface area (Å²) >= 11 is 3.55. The minimum absolute atomic E-state index is 0.174. The fraction of sp³-hybridized carbons (Fsp3) is 0.182. The van der Waals surface area contributed by atoms with Gasteiger partial charge in [-0.3, -0.25) is 4.79 Å². The van der Waals surface area contributed by atoms with Crippen molar-refractivity contribution in [3.8, 4) is 11.5 Å². The number of hydrazone groups is 1. The standard InChI is InChI=1S/C22H21BrN2O3/c1-14(15-9-11-20(27-2)21(12-15)28-3)24-25-22(26)13-16-8-10-19(23)18-7-5-4-6-17(16)18/h4-12H,13H2,1-3H3,(H,25,26)/b24-14-. The van der Waals surface area contributed by atoms with Gasteiger partial charge in [0.15, 0.2) is 11.5 Å². The van der Waals surface area contributed by atoms with E-state index < -0.39 is 0 Å². The number of nitrogens with zero attached hydrogens (tertiary/aromatic N) is 1. The molecule has 3 aromatic rings. The van der Waals surface area contributed by atoms with Crippen molar-refractivity contribution in [2.75, 3.05) is 14.2 Å². The first-order valence-corrected chi connectivity index (χ1v) is 9.54. The molecule has 0 fully saturated rings. The number of carbonyl (C=O) groups excluding carboxylic acids is 1. The van der Waals surface area contributed by atoms with Crippen LogP contribution in [0.1, 0.15) is 18.1 Å². The minimum atomic E-state index is -0.174. The first-order valence-electron chi connectivity index (χ1n) is 8.75. The zero-order valence-electron chi connectivity index (χ0n) is 16.0. The molecule has 6 heteroatoms. The lowest BCUT2D eigenvalue weighted by atomic mass is 10.0. The minimum Gasteiger partial charge on any atom is -0.493 e. The molecule has 0 radical (unpaired) electrons. The molecular weight excluding hydrogens is 420 g/mol. The Balaban J connectivity index is 1.74. The number of hydrogen-bond donors (Lipinski definition) is 1. The lowest BCUT2D eigenvalue weighted by Gasteiger charge is -2.10. The van der Waals surface area contributed by atoms with Crippen molar-refractivity contribution in [3.05, 3.63) is 70.2 Å². The molecule has 0 saturated heterocycles. The fourth-order valence-electron chi connectivity index (χ4n) is 2.96. The Morgan fingerprint density at radius 1 is 1.00 bits per heavy atom. The molecule has 28 heavy (non-hydrogen) atoms. The molecule has 1 N–H and O–H groups in total. The third-order valence-electron chi connectivity index (χ3n) is 4.46. The van der Waals surface area contributed by atoms with E-state index in [0.717, 1.165) is 26.4 Å². The van der Waals surface area contributed by atoms with Gasteiger partial charge >= 0.3 is 0 Å². The quantitative estimate of drug-likeness (QED) is 0.446. The third-order valence-corrected chi connectivity index (χ3v) is 5.15. The normalized spacial score (nSPS) is 11.4. The molecule has 3 aromatic carbocycles. The molecule has 1 amide bonds. The van der Waals surface area contributed by atoms with E-state index in [4.69, 9.17) is 9.47 Å². The van der Waals surface area contributed by atoms with Crippen molar-refractivity contribution >= 4 is 38.3 Å². The van der Waals surface area contributed by atoms with Gasteiger partial charge < -0.3 is 9.47 Å². The molecule has 144 valence electrons. The molecule has 0 atom stereocenters. The van der Waals surface area contributed by atoms with Gasteiger partial charge in [-0.2, -0.15) is 5.10 Å². The van der Waals surface area contributed by atoms with Crippen molar-refractivity contribution in [3.63, 3.8) is 0 Å². The summed E-state index contributed by atoms with van der Waals surface area (Å²) in [5.41, 5.74) is 5.11. The Morgan fingerprint density at radius 2 is 1.71 bits per heavy atom. The van der Waals surface area contributed by atoms with E-state index in [0.29, 0.717) is 17.2 Å². The highest BCUT2D eigenvalue weighted by Crippen LogP contribution is 2.28. The molecule has 0 aliphatic heterocycles. The van der Waals surface area contributed by atoms with Crippen LogP contribution in [0.2, 0.25) is 0 Å². The van der Waals surface area contributed by atoms with Crippen LogP contribution in [0.25, 0.3) is 10.8 Å². The van der Waals surface area contributed by atoms with Crippen LogP contribution in [-0.2, 0) is 11.2 Å². The molecule has 0 unspecified atom stereocenters. The van der Waals surface area contributed by atoms with Gasteiger partial charge in [-0.15, -0.1) is 0 Å². The average Bonchev–Trinajstić information content (AvgIpc) is 2.73. The van der Waals surface area contributed by atoms with Crippen molar-refractivity contribution < 1.29 is 14.3 Å². The van der Waals surface area contributed by atoms with E-state index in [9.17, 15) is 4.79 Å². The van der Waals surface area contributed by atoms with Crippen molar-refractivity contribution in [1.82, 2.24) is 5.43 Å². The summed E-state index contributed by atoms with van der Waals surface area (Å²) in [7, 11) is 3.17. The molecule has 0 aliphatic carbocycles. The van der Waals surface area contributed by atoms with Gasteiger partial charge in [0.1, 0.15) is 0 Å². The second kappa shape index (κ2) is 8.89. The predicted octanol–water partition coefficient (Wildman–Crippen LogP) is 4.70. The smallest absolute Gasteiger partial charge is 0.244 e. The highest BCUT2D eigenvalue weighted by molar-refractivity contribution is 9.10. The van der Waals surface area contributed by atoms with E-state index in [1.165, 1.54) is 0 Å². The topological polar surface area (TPSA) is 59.9 Å². The SMILES string of the molecule is COc1ccc(/C(C)=N\NC(=O)Cc2ccc(Br)c3ccccc23)cc1OC. The average molecular weight is 441 g/mol. The number of hydrogen-bond acceptors (Lipinski definition) is 4. The van der Waals surface area contributed by atoms with Gasteiger partial charge in [0, 0.05) is 10.0 Å². The lowest BCUT2D eigenvalue weighted by Crippen LogP contribution is -2.21. The van der Waals surface area contributed by atoms with E-state index in [2.05, 4.69) is 26.5 Å². The Kier molecular flexibility index (Phi) is 6.31. The first-order chi connectivity index (χ1) is 13.5. The Morgan fingerprint density at radius 3 is 2.43 bits per heavy atom. The van der Waals surface area contributed by atoms with Gasteiger partial charge in [-0.25, -0.2) is 5.43 Å². The molecule has 0 saturated carbocycles. The van der Waals surface area contributed by atoms with Gasteiger partial charge in [0.25, 0.3) is 0 Å². The number of carbonyl (C=O) groups is 1. The number of amides is 1. The van der Waals surface area contributed by atoms with E-state index in [-0.39, 0.29) is 12.3 Å². The molecule has 0 aliphatic rings. The largest absolute Gasteiger partial charge is 0.493 e. The molecule has 0 aromatic heterocycles. The van der Waals surface area contributed by atoms with E-state index >= 15 is 0 Å². The molecular formula is C22H21BrN2O3. The molecule has 0 bridgehead atoms. The maximum Gasteiger partial charge on any atom is 0.244 e. The second-order valence-electron chi connectivity index (χ2n) is 6.23. The Bertz CT molecular complexity index is 1050. The van der Waals surface area contributed by atoms with Gasteiger partial charge in [0.05, 0.1) is 26.4 Å². The number of rotatable bonds is 6. The summed E-state index contributed by atoms with van der Waals surface area (Å²) in [4.78, 5) is 12.4. The summed E-state index contributed by atoms with van der Waals surface area (Å²) in [6.07, 6.45) is 0.247. The van der Waals surface area contributed by atoms with E-state index in [1.54, 1.807) is 14.2 Å². The van der Waals surface area contributed by atoms with Crippen LogP contribution in [-0.4, -0.2) is 25.8 Å². The molecule has 3 rings (SSSR count). The van der Waals surface area contributed by atoms with Crippen LogP contribution >= 0.6 is 15.9 Å². The van der Waals surface area contributed by atoms with Crippen molar-refractivity contribution in [2.45, 2.75) is 13.3 Å². The van der Waals surface area contributed by atoms with Gasteiger partial charge in [-0.05, 0) is 47.5 Å². The zero-order valence-corrected chi connectivity index (χ0v) is 17.5. The van der Waals surface area contributed by atoms with Crippen LogP contribution < -0.4 is 14.9 Å². The summed E-state index contributed by atoms with van der Waals surface area (Å²) < 4.78 is 11.6. The van der Waals surface area contributed by atoms with Crippen molar-refractivity contribution in [2.24, 2.45) is 5.10 Å². The second-order valence-corrected chi connectivity index (χ2v) is 7.09. The zero-order chi connectivity index (χ0) is 20.1. The maximum atomic E-state index is 12.4. The summed E-state index contributed by atoms with van der Waals surface area (Å²) in [5.74, 6) is 1.08. The van der Waals surface area contributed by atoms with Crippen LogP contribution in [0, 0.1) is 0 Å². The maximum absolute atomic E-state index is 12.4. The summed E-state index contributed by atoms with van der Waals surface area (Å²) in [6.45, 7) is 1.83. The Labute approximate surface area is 172 Å². The van der Waals surface area contributed by atoms with Crippen LogP contribution in [0.3, 0.4) is 0 Å². The highest BCUT2D eigenvalue weighted by atomic mass is 79.9. The van der Waals surface area contributed by atoms with Crippen LogP contribution in [0.4, 0.5) is 0 Å². The monoisotopic (exact) mass is 440 g/mol. The third kappa shape index (κ3) is 4.34. The predicted molar refractivity (Wildman–Crippen MR) is 115 cm³/mol. The first kappa shape index (κ1) is 19.9. The number of halogens is 1. The highest BCUT2D eigenvalue weighted by Gasteiger charge is 2.10. The summed E-state index contributed by atoms with van der Waals surface area (Å²) in [5, 5.41) is 6.36. The number of benzene rings is 3. The van der Waals surface area contributed by atoms with Gasteiger partial charge in [-0.1, -0.05) is 46.3 Å².